The molecule has 0 aromatic rings. The largest absolute Gasteiger partial charge is 0.409 e. The summed E-state index contributed by atoms with van der Waals surface area (Å²) in [5, 5.41) is 13.4. The highest BCUT2D eigenvalue weighted by Crippen LogP contribution is 1.95. The number of oxime groups is 1. The summed E-state index contributed by atoms with van der Waals surface area (Å²) < 4.78 is 0. The normalized spacial score (nSPS) is 21.4. The molecule has 0 saturated carbocycles. The van der Waals surface area contributed by atoms with Gasteiger partial charge in [-0.3, -0.25) is 5.43 Å². The predicted molar refractivity (Wildman–Crippen MR) is 55.1 cm³/mol. The fraction of sp³-hybridized carbons (Fsp3) is 0.875. The van der Waals surface area contributed by atoms with Crippen molar-refractivity contribution < 1.29 is 5.21 Å². The zero-order valence-corrected chi connectivity index (χ0v) is 8.61. The summed E-state index contributed by atoms with van der Waals surface area (Å²) in [6.45, 7) is 4.92. The highest BCUT2D eigenvalue weighted by Gasteiger charge is 2.12. The smallest absolute Gasteiger partial charge is 0.140 e. The summed E-state index contributed by atoms with van der Waals surface area (Å²) in [6, 6.07) is 0. The SMILES string of the molecule is CN1CCN(NCCC(N)=NO)CC1. The van der Waals surface area contributed by atoms with Gasteiger partial charge >= 0.3 is 0 Å². The van der Waals surface area contributed by atoms with Crippen LogP contribution in [0, 0.1) is 0 Å². The van der Waals surface area contributed by atoms with E-state index in [0.29, 0.717) is 6.42 Å². The standard InChI is InChI=1S/C8H19N5O/c1-12-4-6-13(7-5-12)10-3-2-8(9)11-14/h10,14H,2-7H2,1H3,(H2,9,11). The van der Waals surface area contributed by atoms with Gasteiger partial charge in [-0.2, -0.15) is 0 Å². The second kappa shape index (κ2) is 5.79. The van der Waals surface area contributed by atoms with Crippen LogP contribution >= 0.6 is 0 Å². The molecule has 14 heavy (non-hydrogen) atoms. The average Bonchev–Trinajstić information content (AvgIpc) is 2.21. The van der Waals surface area contributed by atoms with Crippen LogP contribution in [0.2, 0.25) is 0 Å². The van der Waals surface area contributed by atoms with Crippen molar-refractivity contribution in [2.75, 3.05) is 39.8 Å². The lowest BCUT2D eigenvalue weighted by Gasteiger charge is -2.32. The van der Waals surface area contributed by atoms with E-state index in [1.165, 1.54) is 0 Å². The first-order valence-corrected chi connectivity index (χ1v) is 4.86. The highest BCUT2D eigenvalue weighted by atomic mass is 16.4. The third kappa shape index (κ3) is 3.91. The zero-order valence-electron chi connectivity index (χ0n) is 8.61. The number of rotatable bonds is 4. The third-order valence-electron chi connectivity index (χ3n) is 2.35. The molecule has 1 aliphatic heterocycles. The minimum absolute atomic E-state index is 0.270. The number of hydrogen-bond donors (Lipinski definition) is 3. The Morgan fingerprint density at radius 3 is 2.64 bits per heavy atom. The van der Waals surface area contributed by atoms with Crippen molar-refractivity contribution in [3.8, 4) is 0 Å². The van der Waals surface area contributed by atoms with E-state index in [1.807, 2.05) is 0 Å². The molecule has 1 heterocycles. The maximum atomic E-state index is 8.32. The number of amidine groups is 1. The molecule has 0 aromatic heterocycles. The van der Waals surface area contributed by atoms with Gasteiger partial charge in [-0.15, -0.1) is 0 Å². The van der Waals surface area contributed by atoms with Gasteiger partial charge in [-0.25, -0.2) is 5.01 Å². The fourth-order valence-electron chi connectivity index (χ4n) is 1.36. The van der Waals surface area contributed by atoms with Crippen LogP contribution in [0.25, 0.3) is 0 Å². The van der Waals surface area contributed by atoms with Crippen LogP contribution in [0.3, 0.4) is 0 Å². The minimum Gasteiger partial charge on any atom is -0.409 e. The molecule has 0 amide bonds. The molecule has 0 aromatic carbocycles. The van der Waals surface area contributed by atoms with Gasteiger partial charge in [-0.05, 0) is 7.05 Å². The van der Waals surface area contributed by atoms with E-state index < -0.39 is 0 Å². The van der Waals surface area contributed by atoms with Crippen LogP contribution in [0.4, 0.5) is 0 Å². The molecule has 1 rings (SSSR count). The van der Waals surface area contributed by atoms with Crippen molar-refractivity contribution >= 4 is 5.84 Å². The van der Waals surface area contributed by atoms with Gasteiger partial charge in [0, 0.05) is 39.1 Å². The number of piperazine rings is 1. The number of likely N-dealkylation sites (N-methyl/N-ethyl adjacent to an activating group) is 1. The van der Waals surface area contributed by atoms with Gasteiger partial charge in [-0.1, -0.05) is 5.16 Å². The molecule has 0 unspecified atom stereocenters. The number of nitrogens with zero attached hydrogens (tertiary/aromatic N) is 3. The van der Waals surface area contributed by atoms with Crippen LogP contribution in [0.1, 0.15) is 6.42 Å². The second-order valence-corrected chi connectivity index (χ2v) is 3.54. The molecule has 4 N–H and O–H groups in total. The van der Waals surface area contributed by atoms with E-state index in [2.05, 4.69) is 27.5 Å². The van der Waals surface area contributed by atoms with Crippen LogP contribution in [0.5, 0.6) is 0 Å². The molecule has 0 radical (unpaired) electrons. The first-order chi connectivity index (χ1) is 6.72. The van der Waals surface area contributed by atoms with Crippen molar-refractivity contribution in [1.29, 1.82) is 0 Å². The van der Waals surface area contributed by atoms with Crippen LogP contribution in [0.15, 0.2) is 5.16 Å². The molecule has 0 spiro atoms. The van der Waals surface area contributed by atoms with E-state index in [1.54, 1.807) is 0 Å². The Morgan fingerprint density at radius 2 is 2.07 bits per heavy atom. The second-order valence-electron chi connectivity index (χ2n) is 3.54. The van der Waals surface area contributed by atoms with E-state index >= 15 is 0 Å². The first kappa shape index (κ1) is 11.2. The van der Waals surface area contributed by atoms with Gasteiger partial charge in [0.25, 0.3) is 0 Å². The summed E-state index contributed by atoms with van der Waals surface area (Å²) >= 11 is 0. The molecule has 1 fully saturated rings. The number of nitrogens with one attached hydrogen (secondary N) is 1. The first-order valence-electron chi connectivity index (χ1n) is 4.86. The van der Waals surface area contributed by atoms with Gasteiger partial charge < -0.3 is 15.8 Å². The lowest BCUT2D eigenvalue weighted by atomic mass is 10.4. The van der Waals surface area contributed by atoms with Crippen molar-refractivity contribution in [1.82, 2.24) is 15.3 Å². The molecule has 6 heteroatoms. The third-order valence-corrected chi connectivity index (χ3v) is 2.35. The number of hydrogen-bond acceptors (Lipinski definition) is 5. The molecule has 0 aliphatic carbocycles. The fourth-order valence-corrected chi connectivity index (χ4v) is 1.36. The number of hydrazine groups is 1. The maximum Gasteiger partial charge on any atom is 0.140 e. The molecule has 82 valence electrons. The molecule has 0 atom stereocenters. The molecule has 1 saturated heterocycles. The Hall–Kier alpha value is -0.850. The summed E-state index contributed by atoms with van der Waals surface area (Å²) in [7, 11) is 2.12. The lowest BCUT2D eigenvalue weighted by molar-refractivity contribution is 0.106. The highest BCUT2D eigenvalue weighted by molar-refractivity contribution is 5.79. The lowest BCUT2D eigenvalue weighted by Crippen LogP contribution is -2.51. The van der Waals surface area contributed by atoms with E-state index in [4.69, 9.17) is 10.9 Å². The Kier molecular flexibility index (Phi) is 4.64. The van der Waals surface area contributed by atoms with Crippen LogP contribution < -0.4 is 11.2 Å². The van der Waals surface area contributed by atoms with Gasteiger partial charge in [0.1, 0.15) is 5.84 Å². The Labute approximate surface area is 84.3 Å². The summed E-state index contributed by atoms with van der Waals surface area (Å²) in [5.41, 5.74) is 8.59. The van der Waals surface area contributed by atoms with Gasteiger partial charge in [0.15, 0.2) is 0 Å². The van der Waals surface area contributed by atoms with Crippen molar-refractivity contribution in [2.24, 2.45) is 10.9 Å². The van der Waals surface area contributed by atoms with Crippen LogP contribution in [-0.2, 0) is 0 Å². The Morgan fingerprint density at radius 1 is 1.43 bits per heavy atom. The quantitative estimate of drug-likeness (QED) is 0.232. The number of nitrogens with two attached hydrogens (primary N) is 1. The summed E-state index contributed by atoms with van der Waals surface area (Å²) in [5.74, 6) is 0.270. The van der Waals surface area contributed by atoms with Gasteiger partial charge in [0.2, 0.25) is 0 Å². The minimum atomic E-state index is 0.270. The van der Waals surface area contributed by atoms with Crippen LogP contribution in [-0.4, -0.2) is 60.7 Å². The molecule has 6 nitrogen and oxygen atoms in total. The maximum absolute atomic E-state index is 8.32. The van der Waals surface area contributed by atoms with E-state index in [0.717, 1.165) is 32.7 Å². The topological polar surface area (TPSA) is 77.1 Å². The van der Waals surface area contributed by atoms with Gasteiger partial charge in [0.05, 0.1) is 0 Å². The van der Waals surface area contributed by atoms with Crippen molar-refractivity contribution in [2.45, 2.75) is 6.42 Å². The monoisotopic (exact) mass is 201 g/mol. The van der Waals surface area contributed by atoms with Crippen molar-refractivity contribution in [3.63, 3.8) is 0 Å². The molecular weight excluding hydrogens is 182 g/mol. The van der Waals surface area contributed by atoms with Crippen molar-refractivity contribution in [3.05, 3.63) is 0 Å². The van der Waals surface area contributed by atoms with E-state index in [9.17, 15) is 0 Å². The molecule has 0 bridgehead atoms. The summed E-state index contributed by atoms with van der Waals surface area (Å²) in [6.07, 6.45) is 0.572. The molecule has 1 aliphatic rings. The summed E-state index contributed by atoms with van der Waals surface area (Å²) in [4.78, 5) is 2.29. The zero-order chi connectivity index (χ0) is 10.4. The Balaban J connectivity index is 2.07. The predicted octanol–water partition coefficient (Wildman–Crippen LogP) is -1.13. The average molecular weight is 201 g/mol. The Bertz CT molecular complexity index is 188. The molecular formula is C8H19N5O. The van der Waals surface area contributed by atoms with E-state index in [-0.39, 0.29) is 5.84 Å².